The lowest BCUT2D eigenvalue weighted by atomic mass is 9.79. The van der Waals surface area contributed by atoms with Crippen LogP contribution in [-0.4, -0.2) is 37.6 Å². The monoisotopic (exact) mass is 394 g/mol. The van der Waals surface area contributed by atoms with Crippen LogP contribution < -0.4 is 4.90 Å². The highest BCUT2D eigenvalue weighted by Crippen LogP contribution is 2.36. The lowest BCUT2D eigenvalue weighted by Gasteiger charge is -2.43. The highest BCUT2D eigenvalue weighted by atomic mass is 19.1. The number of piperidine rings is 1. The molecule has 1 fully saturated rings. The Labute approximate surface area is 175 Å². The summed E-state index contributed by atoms with van der Waals surface area (Å²) in [5, 5.41) is 0. The Balaban J connectivity index is 1.52. The third kappa shape index (κ3) is 5.01. The summed E-state index contributed by atoms with van der Waals surface area (Å²) in [4.78, 5) is 5.30. The smallest absolute Gasteiger partial charge is 0.123 e. The van der Waals surface area contributed by atoms with Crippen molar-refractivity contribution in [2.75, 3.05) is 37.6 Å². The molecule has 0 N–H and O–H groups in total. The minimum atomic E-state index is -0.132. The van der Waals surface area contributed by atoms with E-state index in [1.165, 1.54) is 68.4 Å². The molecule has 4 rings (SSSR count). The molecule has 0 aliphatic carbocycles. The molecule has 2 aromatic carbocycles. The number of likely N-dealkylation sites (tertiary alicyclic amines) is 1. The third-order valence-corrected chi connectivity index (χ3v) is 6.86. The van der Waals surface area contributed by atoms with Crippen LogP contribution in [0.4, 0.5) is 10.1 Å². The van der Waals surface area contributed by atoms with Gasteiger partial charge >= 0.3 is 0 Å². The summed E-state index contributed by atoms with van der Waals surface area (Å²) in [5.74, 6) is 0.973. The average molecular weight is 395 g/mol. The fourth-order valence-electron chi connectivity index (χ4n) is 5.31. The first kappa shape index (κ1) is 20.4. The van der Waals surface area contributed by atoms with E-state index in [0.29, 0.717) is 11.8 Å². The average Bonchev–Trinajstić information content (AvgIpc) is 2.75. The predicted octanol–water partition coefficient (Wildman–Crippen LogP) is 5.87. The Morgan fingerprint density at radius 2 is 1.83 bits per heavy atom. The van der Waals surface area contributed by atoms with Crippen molar-refractivity contribution in [1.82, 2.24) is 4.90 Å². The van der Waals surface area contributed by atoms with Gasteiger partial charge in [-0.05, 0) is 79.9 Å². The van der Waals surface area contributed by atoms with Gasteiger partial charge in [-0.1, -0.05) is 50.1 Å². The molecule has 3 heteroatoms. The number of hydrogen-bond donors (Lipinski definition) is 0. The van der Waals surface area contributed by atoms with Gasteiger partial charge in [0.2, 0.25) is 0 Å². The zero-order valence-corrected chi connectivity index (χ0v) is 17.8. The van der Waals surface area contributed by atoms with Crippen molar-refractivity contribution in [2.45, 2.75) is 51.4 Å². The van der Waals surface area contributed by atoms with Crippen LogP contribution in [0.25, 0.3) is 0 Å². The van der Waals surface area contributed by atoms with Gasteiger partial charge in [0, 0.05) is 25.3 Å². The van der Waals surface area contributed by atoms with Crippen molar-refractivity contribution in [2.24, 2.45) is 5.92 Å². The van der Waals surface area contributed by atoms with Gasteiger partial charge in [0.25, 0.3) is 0 Å². The number of unbranched alkanes of at least 4 members (excludes halogenated alkanes) is 2. The van der Waals surface area contributed by atoms with Crippen LogP contribution in [0, 0.1) is 11.7 Å². The summed E-state index contributed by atoms with van der Waals surface area (Å²) >= 11 is 0. The van der Waals surface area contributed by atoms with E-state index in [0.717, 1.165) is 19.6 Å². The molecular weight excluding hydrogens is 359 g/mol. The second-order valence-corrected chi connectivity index (χ2v) is 8.89. The first-order valence-electron chi connectivity index (χ1n) is 11.5. The normalized spacial score (nSPS) is 22.5. The zero-order chi connectivity index (χ0) is 20.1. The van der Waals surface area contributed by atoms with Crippen LogP contribution in [-0.2, 0) is 6.42 Å². The molecule has 0 unspecified atom stereocenters. The Morgan fingerprint density at radius 1 is 1.00 bits per heavy atom. The van der Waals surface area contributed by atoms with Crippen molar-refractivity contribution in [3.63, 3.8) is 0 Å². The highest BCUT2D eigenvalue weighted by Gasteiger charge is 2.32. The molecule has 2 atom stereocenters. The largest absolute Gasteiger partial charge is 0.371 e. The molecule has 29 heavy (non-hydrogen) atoms. The van der Waals surface area contributed by atoms with E-state index >= 15 is 0 Å². The van der Waals surface area contributed by atoms with Gasteiger partial charge in [-0.15, -0.1) is 0 Å². The van der Waals surface area contributed by atoms with E-state index in [4.69, 9.17) is 0 Å². The van der Waals surface area contributed by atoms with Gasteiger partial charge in [-0.2, -0.15) is 0 Å². The van der Waals surface area contributed by atoms with Crippen molar-refractivity contribution in [3.05, 3.63) is 65.5 Å². The summed E-state index contributed by atoms with van der Waals surface area (Å²) in [6, 6.07) is 16.2. The third-order valence-electron chi connectivity index (χ3n) is 6.86. The van der Waals surface area contributed by atoms with Gasteiger partial charge in [0.15, 0.2) is 0 Å². The van der Waals surface area contributed by atoms with Crippen LogP contribution >= 0.6 is 0 Å². The molecule has 0 saturated carbocycles. The Bertz CT molecular complexity index is 773. The first-order chi connectivity index (χ1) is 14.2. The number of halogens is 1. The van der Waals surface area contributed by atoms with Crippen molar-refractivity contribution >= 4 is 5.69 Å². The maximum absolute atomic E-state index is 13.5. The number of nitrogens with zero attached hydrogens (tertiary/aromatic N) is 2. The van der Waals surface area contributed by atoms with Crippen LogP contribution in [0.1, 0.15) is 56.1 Å². The number of aryl methyl sites for hydroxylation is 1. The van der Waals surface area contributed by atoms with Crippen molar-refractivity contribution in [3.8, 4) is 0 Å². The van der Waals surface area contributed by atoms with Gasteiger partial charge in [-0.25, -0.2) is 4.39 Å². The van der Waals surface area contributed by atoms with Crippen LogP contribution in [0.2, 0.25) is 0 Å². The van der Waals surface area contributed by atoms with E-state index < -0.39 is 0 Å². The fourth-order valence-corrected chi connectivity index (χ4v) is 5.31. The first-order valence-corrected chi connectivity index (χ1v) is 11.5. The molecule has 0 spiro atoms. The standard InChI is InChI=1S/C26H35FN2/c1-2-3-6-16-28-18-15-25(21-11-13-24(27)14-12-21)23(19-28)20-29-17-7-9-22-8-4-5-10-26(22)29/h4-5,8,10-14,23,25H,2-3,6-7,9,15-20H2,1H3/t23-,25-/m1/s1. The molecule has 1 saturated heterocycles. The topological polar surface area (TPSA) is 6.48 Å². The van der Waals surface area contributed by atoms with Gasteiger partial charge in [-0.3, -0.25) is 0 Å². The number of benzene rings is 2. The number of hydrogen-bond acceptors (Lipinski definition) is 2. The second-order valence-electron chi connectivity index (χ2n) is 8.89. The van der Waals surface area contributed by atoms with Crippen molar-refractivity contribution < 1.29 is 4.39 Å². The summed E-state index contributed by atoms with van der Waals surface area (Å²) in [6.45, 7) is 8.07. The Hall–Kier alpha value is -1.87. The molecule has 0 amide bonds. The van der Waals surface area contributed by atoms with E-state index in [1.54, 1.807) is 12.1 Å². The molecular formula is C26H35FN2. The van der Waals surface area contributed by atoms with E-state index in [9.17, 15) is 4.39 Å². The maximum atomic E-state index is 13.5. The van der Waals surface area contributed by atoms with Crippen LogP contribution in [0.15, 0.2) is 48.5 Å². The minimum absolute atomic E-state index is 0.132. The number of para-hydroxylation sites is 1. The van der Waals surface area contributed by atoms with Gasteiger partial charge in [0.1, 0.15) is 5.82 Å². The number of rotatable bonds is 7. The zero-order valence-electron chi connectivity index (χ0n) is 17.8. The lowest BCUT2D eigenvalue weighted by Crippen LogP contribution is -2.46. The molecule has 0 bridgehead atoms. The molecule has 2 aromatic rings. The fraction of sp³-hybridized carbons (Fsp3) is 0.538. The van der Waals surface area contributed by atoms with E-state index in [1.807, 2.05) is 12.1 Å². The number of fused-ring (bicyclic) bond motifs is 1. The Morgan fingerprint density at radius 3 is 2.66 bits per heavy atom. The summed E-state index contributed by atoms with van der Waals surface area (Å²) in [7, 11) is 0. The molecule has 2 heterocycles. The SMILES string of the molecule is CCCCCN1CC[C@H](c2ccc(F)cc2)[C@@H](CN2CCCc3ccccc32)C1. The summed E-state index contributed by atoms with van der Waals surface area (Å²) in [5.41, 5.74) is 4.24. The Kier molecular flexibility index (Phi) is 6.86. The number of anilines is 1. The molecule has 156 valence electrons. The maximum Gasteiger partial charge on any atom is 0.123 e. The minimum Gasteiger partial charge on any atom is -0.371 e. The summed E-state index contributed by atoms with van der Waals surface area (Å²) in [6.07, 6.45) is 7.52. The van der Waals surface area contributed by atoms with Gasteiger partial charge in [0.05, 0.1) is 0 Å². The van der Waals surface area contributed by atoms with Crippen LogP contribution in [0.5, 0.6) is 0 Å². The predicted molar refractivity (Wildman–Crippen MR) is 120 cm³/mol. The molecule has 2 aliphatic heterocycles. The van der Waals surface area contributed by atoms with Crippen LogP contribution in [0.3, 0.4) is 0 Å². The second kappa shape index (κ2) is 9.75. The highest BCUT2D eigenvalue weighted by molar-refractivity contribution is 5.55. The summed E-state index contributed by atoms with van der Waals surface area (Å²) < 4.78 is 13.5. The van der Waals surface area contributed by atoms with E-state index in [-0.39, 0.29) is 5.82 Å². The molecule has 2 nitrogen and oxygen atoms in total. The van der Waals surface area contributed by atoms with Gasteiger partial charge < -0.3 is 9.80 Å². The molecule has 2 aliphatic rings. The molecule has 0 radical (unpaired) electrons. The quantitative estimate of drug-likeness (QED) is 0.542. The lowest BCUT2D eigenvalue weighted by molar-refractivity contribution is 0.153. The molecule has 0 aromatic heterocycles. The van der Waals surface area contributed by atoms with Crippen molar-refractivity contribution in [1.29, 1.82) is 0 Å². The van der Waals surface area contributed by atoms with E-state index in [2.05, 4.69) is 41.0 Å².